The minimum atomic E-state index is -0.935. The lowest BCUT2D eigenvalue weighted by Gasteiger charge is -2.08. The number of aliphatic hydroxyl groups is 2. The van der Waals surface area contributed by atoms with Crippen LogP contribution in [0.3, 0.4) is 0 Å². The van der Waals surface area contributed by atoms with E-state index in [4.69, 9.17) is 29.9 Å². The Hall–Kier alpha value is -1.78. The van der Waals surface area contributed by atoms with Gasteiger partial charge in [0.1, 0.15) is 0 Å². The molecule has 0 bridgehead atoms. The van der Waals surface area contributed by atoms with Crippen molar-refractivity contribution in [1.29, 1.82) is 0 Å². The van der Waals surface area contributed by atoms with Crippen LogP contribution in [0, 0.1) is 0 Å². The van der Waals surface area contributed by atoms with Gasteiger partial charge in [0, 0.05) is 18.3 Å². The van der Waals surface area contributed by atoms with Gasteiger partial charge in [0.25, 0.3) is 0 Å². The van der Waals surface area contributed by atoms with Crippen molar-refractivity contribution in [3.63, 3.8) is 0 Å². The van der Waals surface area contributed by atoms with Crippen molar-refractivity contribution in [2.45, 2.75) is 20.1 Å². The zero-order chi connectivity index (χ0) is 19.5. The van der Waals surface area contributed by atoms with Crippen LogP contribution in [0.15, 0.2) is 24.3 Å². The van der Waals surface area contributed by atoms with Crippen LogP contribution in [0.5, 0.6) is 0 Å². The highest BCUT2D eigenvalue weighted by Crippen LogP contribution is 1.85. The molecule has 1 unspecified atom stereocenters. The Balaban J connectivity index is -0.000000309. The Bertz CT molecular complexity index is 318. The number of carboxylic acids is 2. The van der Waals surface area contributed by atoms with E-state index in [9.17, 15) is 9.59 Å². The summed E-state index contributed by atoms with van der Waals surface area (Å²) in [6.07, 6.45) is -0.872. The van der Waals surface area contributed by atoms with E-state index in [1.54, 1.807) is 0 Å². The number of aliphatic carboxylic acids is 2. The highest BCUT2D eigenvalue weighted by Gasteiger charge is 1.99. The van der Waals surface area contributed by atoms with Crippen LogP contribution in [-0.4, -0.2) is 78.8 Å². The molecule has 0 aromatic rings. The van der Waals surface area contributed by atoms with Gasteiger partial charge in [-0.15, -0.1) is 0 Å². The van der Waals surface area contributed by atoms with Crippen molar-refractivity contribution in [2.75, 3.05) is 40.1 Å². The van der Waals surface area contributed by atoms with E-state index in [2.05, 4.69) is 17.9 Å². The number of hydrogen-bond acceptors (Lipinski definition) is 7. The molecule has 0 saturated carbocycles. The fourth-order valence-corrected chi connectivity index (χ4v) is 0.537. The fourth-order valence-electron chi connectivity index (χ4n) is 0.537. The molecule has 0 rings (SSSR count). The summed E-state index contributed by atoms with van der Waals surface area (Å²) in [5.74, 6) is -1.87. The maximum Gasteiger partial charge on any atom is 0.330 e. The van der Waals surface area contributed by atoms with Gasteiger partial charge in [-0.25, -0.2) is 9.59 Å². The third kappa shape index (κ3) is 28.4. The molecule has 1 atom stereocenters. The molecule has 0 amide bonds. The third-order valence-electron chi connectivity index (χ3n) is 1.87. The van der Waals surface area contributed by atoms with Gasteiger partial charge in [-0.3, -0.25) is 0 Å². The molecule has 0 aliphatic rings. The number of hydrogen-bond donors (Lipinski definition) is 4. The number of methoxy groups -OCH3 is 1. The minimum Gasteiger partial charge on any atom is -0.478 e. The second kappa shape index (κ2) is 19.3. The number of rotatable bonds is 10. The van der Waals surface area contributed by atoms with Gasteiger partial charge >= 0.3 is 11.9 Å². The predicted molar refractivity (Wildman–Crippen MR) is 86.6 cm³/mol. The molecule has 0 fully saturated rings. The van der Waals surface area contributed by atoms with E-state index in [0.717, 1.165) is 0 Å². The van der Waals surface area contributed by atoms with E-state index in [1.807, 2.05) is 0 Å². The minimum absolute atomic E-state index is 0.0146. The largest absolute Gasteiger partial charge is 0.478 e. The van der Waals surface area contributed by atoms with Crippen molar-refractivity contribution in [3.8, 4) is 0 Å². The van der Waals surface area contributed by atoms with Gasteiger partial charge < -0.3 is 34.6 Å². The quantitative estimate of drug-likeness (QED) is 0.247. The Morgan fingerprint density at radius 3 is 1.62 bits per heavy atom. The molecule has 9 heteroatoms. The lowest BCUT2D eigenvalue weighted by molar-refractivity contribution is -0.133. The van der Waals surface area contributed by atoms with Crippen LogP contribution in [0.25, 0.3) is 0 Å². The van der Waals surface area contributed by atoms with E-state index in [0.29, 0.717) is 19.8 Å². The molecular formula is C15H28O9. The summed E-state index contributed by atoms with van der Waals surface area (Å²) in [5.41, 5.74) is 0.352. The van der Waals surface area contributed by atoms with Gasteiger partial charge in [0.2, 0.25) is 0 Å². The number of carbonyl (C=O) groups is 2. The number of aliphatic hydroxyl groups excluding tert-OH is 2. The van der Waals surface area contributed by atoms with E-state index >= 15 is 0 Å². The smallest absolute Gasteiger partial charge is 0.330 e. The second-order valence-corrected chi connectivity index (χ2v) is 4.27. The van der Waals surface area contributed by atoms with Crippen LogP contribution in [0.2, 0.25) is 0 Å². The van der Waals surface area contributed by atoms with Gasteiger partial charge in [-0.1, -0.05) is 13.2 Å². The maximum absolute atomic E-state index is 9.60. The molecule has 24 heavy (non-hydrogen) atoms. The normalized spacial score (nSPS) is 10.4. The fraction of sp³-hybridized carbons (Fsp3) is 0.600. The summed E-state index contributed by atoms with van der Waals surface area (Å²) in [7, 11) is 1.40. The van der Waals surface area contributed by atoms with Crippen molar-refractivity contribution < 1.29 is 44.2 Å². The molecule has 0 aliphatic heterocycles. The Labute approximate surface area is 141 Å². The Morgan fingerprint density at radius 1 is 0.958 bits per heavy atom. The molecule has 0 radical (unpaired) electrons. The van der Waals surface area contributed by atoms with E-state index < -0.39 is 18.2 Å². The van der Waals surface area contributed by atoms with Crippen molar-refractivity contribution in [2.24, 2.45) is 0 Å². The second-order valence-electron chi connectivity index (χ2n) is 4.27. The lowest BCUT2D eigenvalue weighted by atomic mass is 10.4. The number of ether oxygens (including phenoxy) is 3. The van der Waals surface area contributed by atoms with E-state index in [-0.39, 0.29) is 24.4 Å². The van der Waals surface area contributed by atoms with Crippen LogP contribution >= 0.6 is 0 Å². The summed E-state index contributed by atoms with van der Waals surface area (Å²) in [5, 5.41) is 32.9. The topological polar surface area (TPSA) is 143 Å². The first-order valence-corrected chi connectivity index (χ1v) is 6.84. The van der Waals surface area contributed by atoms with Crippen LogP contribution < -0.4 is 0 Å². The molecule has 0 aromatic carbocycles. The molecular weight excluding hydrogens is 324 g/mol. The predicted octanol–water partition coefficient (Wildman–Crippen LogP) is 0.271. The summed E-state index contributed by atoms with van der Waals surface area (Å²) in [6.45, 7) is 10.5. The van der Waals surface area contributed by atoms with Crippen molar-refractivity contribution in [1.82, 2.24) is 0 Å². The molecule has 142 valence electrons. The maximum atomic E-state index is 9.60. The molecule has 0 heterocycles. The van der Waals surface area contributed by atoms with E-state index in [1.165, 1.54) is 21.0 Å². The first-order chi connectivity index (χ1) is 11.1. The molecule has 4 N–H and O–H groups in total. The third-order valence-corrected chi connectivity index (χ3v) is 1.87. The van der Waals surface area contributed by atoms with Crippen LogP contribution in [0.1, 0.15) is 13.8 Å². The first kappa shape index (κ1) is 27.1. The Morgan fingerprint density at radius 2 is 1.33 bits per heavy atom. The monoisotopic (exact) mass is 352 g/mol. The standard InChI is InChI=1S/C7H16O5.2C4H6O2/c1-10-7(9)6-12-5-4-11-3-2-8;2*1-3(2)4(5)6/h7-9H,2-6H2,1H3;2*1H2,2H3,(H,5,6). The average Bonchev–Trinajstić information content (AvgIpc) is 2.51. The van der Waals surface area contributed by atoms with Crippen molar-refractivity contribution >= 4 is 11.9 Å². The highest BCUT2D eigenvalue weighted by molar-refractivity contribution is 5.85. The zero-order valence-electron chi connectivity index (χ0n) is 14.4. The van der Waals surface area contributed by atoms with Crippen LogP contribution in [-0.2, 0) is 23.8 Å². The van der Waals surface area contributed by atoms with Gasteiger partial charge in [0.05, 0.1) is 33.0 Å². The summed E-state index contributed by atoms with van der Waals surface area (Å²) >= 11 is 0. The molecule has 0 saturated heterocycles. The SMILES string of the molecule is C=C(C)C(=O)O.C=C(C)C(=O)O.COC(O)COCCOCCO. The Kier molecular flexibility index (Phi) is 21.7. The lowest BCUT2D eigenvalue weighted by Crippen LogP contribution is -2.19. The van der Waals surface area contributed by atoms with Crippen LogP contribution in [0.4, 0.5) is 0 Å². The first-order valence-electron chi connectivity index (χ1n) is 6.84. The summed E-state index contributed by atoms with van der Waals surface area (Å²) in [6, 6.07) is 0. The van der Waals surface area contributed by atoms with Crippen molar-refractivity contribution in [3.05, 3.63) is 24.3 Å². The molecule has 9 nitrogen and oxygen atoms in total. The van der Waals surface area contributed by atoms with Gasteiger partial charge in [-0.2, -0.15) is 0 Å². The van der Waals surface area contributed by atoms with Gasteiger partial charge in [-0.05, 0) is 13.8 Å². The average molecular weight is 352 g/mol. The summed E-state index contributed by atoms with van der Waals surface area (Å²) < 4.78 is 14.4. The number of carboxylic acid groups (broad SMARTS) is 2. The molecule has 0 aliphatic carbocycles. The highest BCUT2D eigenvalue weighted by atomic mass is 16.6. The molecule has 0 aromatic heterocycles. The summed E-state index contributed by atoms with van der Waals surface area (Å²) in [4.78, 5) is 19.2. The molecule has 0 spiro atoms. The van der Waals surface area contributed by atoms with Gasteiger partial charge in [0.15, 0.2) is 6.29 Å². The zero-order valence-corrected chi connectivity index (χ0v) is 14.4.